The number of alkyl halides is 3. The van der Waals surface area contributed by atoms with Gasteiger partial charge in [0.1, 0.15) is 0 Å². The third-order valence-corrected chi connectivity index (χ3v) is 2.75. The molecule has 0 atom stereocenters. The van der Waals surface area contributed by atoms with E-state index in [-0.39, 0.29) is 6.04 Å². The minimum absolute atomic E-state index is 0.132. The van der Waals surface area contributed by atoms with E-state index in [1.54, 1.807) is 26.0 Å². The molecule has 0 aliphatic heterocycles. The lowest BCUT2D eigenvalue weighted by Gasteiger charge is -2.27. The summed E-state index contributed by atoms with van der Waals surface area (Å²) in [7, 11) is 0. The third kappa shape index (κ3) is 5.40. The Morgan fingerprint density at radius 1 is 1.28 bits per heavy atom. The van der Waals surface area contributed by atoms with Crippen LogP contribution in [0.4, 0.5) is 18.9 Å². The summed E-state index contributed by atoms with van der Waals surface area (Å²) in [5.41, 5.74) is 7.23. The Bertz CT molecular complexity index is 375. The van der Waals surface area contributed by atoms with E-state index < -0.39 is 12.7 Å². The zero-order valence-electron chi connectivity index (χ0n) is 10.7. The smallest absolute Gasteiger partial charge is 0.399 e. The number of nitrogens with two attached hydrogens (primary N) is 1. The van der Waals surface area contributed by atoms with Crippen LogP contribution in [0.3, 0.4) is 0 Å². The van der Waals surface area contributed by atoms with E-state index in [4.69, 9.17) is 5.73 Å². The lowest BCUT2D eigenvalue weighted by Crippen LogP contribution is -2.40. The third-order valence-electron chi connectivity index (χ3n) is 2.75. The molecule has 0 saturated heterocycles. The van der Waals surface area contributed by atoms with Crippen LogP contribution in [-0.2, 0) is 6.42 Å². The van der Waals surface area contributed by atoms with Gasteiger partial charge >= 0.3 is 6.18 Å². The van der Waals surface area contributed by atoms with Gasteiger partial charge in [0.05, 0.1) is 6.54 Å². The molecule has 1 rings (SSSR count). The van der Waals surface area contributed by atoms with E-state index in [2.05, 4.69) is 0 Å². The van der Waals surface area contributed by atoms with Gasteiger partial charge in [0.15, 0.2) is 0 Å². The second-order valence-corrected chi connectivity index (χ2v) is 4.67. The highest BCUT2D eigenvalue weighted by atomic mass is 19.4. The summed E-state index contributed by atoms with van der Waals surface area (Å²) in [6, 6.07) is 7.12. The molecule has 0 amide bonds. The topological polar surface area (TPSA) is 29.3 Å². The van der Waals surface area contributed by atoms with Crippen LogP contribution in [0.25, 0.3) is 0 Å². The molecule has 0 unspecified atom stereocenters. The van der Waals surface area contributed by atoms with Gasteiger partial charge in [-0.15, -0.1) is 0 Å². The highest BCUT2D eigenvalue weighted by Gasteiger charge is 2.31. The predicted molar refractivity (Wildman–Crippen MR) is 67.3 cm³/mol. The maximum atomic E-state index is 12.4. The van der Waals surface area contributed by atoms with Gasteiger partial charge in [-0.2, -0.15) is 13.2 Å². The van der Waals surface area contributed by atoms with Gasteiger partial charge in [-0.3, -0.25) is 4.90 Å². The fraction of sp³-hybridized carbons (Fsp3) is 0.538. The van der Waals surface area contributed by atoms with E-state index >= 15 is 0 Å². The fourth-order valence-corrected chi connectivity index (χ4v) is 1.77. The molecule has 18 heavy (non-hydrogen) atoms. The first-order valence-electron chi connectivity index (χ1n) is 5.93. The molecule has 0 fully saturated rings. The Kier molecular flexibility index (Phi) is 5.02. The van der Waals surface area contributed by atoms with Crippen molar-refractivity contribution >= 4 is 5.69 Å². The Morgan fingerprint density at radius 3 is 2.44 bits per heavy atom. The molecule has 2 nitrogen and oxygen atoms in total. The van der Waals surface area contributed by atoms with Crippen LogP contribution in [0.5, 0.6) is 0 Å². The van der Waals surface area contributed by atoms with Crippen molar-refractivity contribution in [3.05, 3.63) is 29.8 Å². The number of anilines is 1. The molecule has 0 aromatic heterocycles. The largest absolute Gasteiger partial charge is 0.401 e. The first-order valence-corrected chi connectivity index (χ1v) is 5.93. The normalized spacial score (nSPS) is 12.4. The molecule has 102 valence electrons. The van der Waals surface area contributed by atoms with E-state index in [0.29, 0.717) is 18.7 Å². The number of nitrogen functional groups attached to an aromatic ring is 1. The SMILES string of the molecule is CC(C)N(CCc1cccc(N)c1)CC(F)(F)F. The van der Waals surface area contributed by atoms with Crippen LogP contribution >= 0.6 is 0 Å². The van der Waals surface area contributed by atoms with Gasteiger partial charge in [0.25, 0.3) is 0 Å². The molecular formula is C13H19F3N2. The molecule has 0 saturated carbocycles. The van der Waals surface area contributed by atoms with Crippen molar-refractivity contribution in [2.75, 3.05) is 18.8 Å². The van der Waals surface area contributed by atoms with E-state index in [1.807, 2.05) is 12.1 Å². The lowest BCUT2D eigenvalue weighted by molar-refractivity contribution is -0.149. The maximum absolute atomic E-state index is 12.4. The van der Waals surface area contributed by atoms with Gasteiger partial charge < -0.3 is 5.73 Å². The number of hydrogen-bond donors (Lipinski definition) is 1. The number of halogens is 3. The average Bonchev–Trinajstić information content (AvgIpc) is 2.22. The first kappa shape index (κ1) is 14.8. The molecule has 0 spiro atoms. The van der Waals surface area contributed by atoms with Gasteiger partial charge in [-0.25, -0.2) is 0 Å². The van der Waals surface area contributed by atoms with Crippen molar-refractivity contribution in [2.24, 2.45) is 0 Å². The monoisotopic (exact) mass is 260 g/mol. The summed E-state index contributed by atoms with van der Waals surface area (Å²) >= 11 is 0. The Balaban J connectivity index is 2.57. The Hall–Kier alpha value is -1.23. The molecule has 0 aliphatic rings. The summed E-state index contributed by atoms with van der Waals surface area (Å²) in [5, 5.41) is 0. The second-order valence-electron chi connectivity index (χ2n) is 4.67. The number of benzene rings is 1. The second kappa shape index (κ2) is 6.09. The van der Waals surface area contributed by atoms with E-state index in [9.17, 15) is 13.2 Å². The van der Waals surface area contributed by atoms with Gasteiger partial charge in [0, 0.05) is 18.3 Å². The number of hydrogen-bond acceptors (Lipinski definition) is 2. The van der Waals surface area contributed by atoms with E-state index in [1.165, 1.54) is 4.90 Å². The summed E-state index contributed by atoms with van der Waals surface area (Å²) in [6.07, 6.45) is -3.58. The number of nitrogens with zero attached hydrogens (tertiary/aromatic N) is 1. The lowest BCUT2D eigenvalue weighted by atomic mass is 10.1. The minimum atomic E-state index is -4.15. The zero-order chi connectivity index (χ0) is 13.8. The molecule has 1 aromatic carbocycles. The van der Waals surface area contributed by atoms with Gasteiger partial charge in [-0.05, 0) is 38.0 Å². The van der Waals surface area contributed by atoms with Crippen LogP contribution in [0, 0.1) is 0 Å². The predicted octanol–water partition coefficient (Wildman–Crippen LogP) is 3.08. The van der Waals surface area contributed by atoms with Crippen LogP contribution in [0.1, 0.15) is 19.4 Å². The van der Waals surface area contributed by atoms with Crippen LogP contribution < -0.4 is 5.73 Å². The number of rotatable bonds is 5. The first-order chi connectivity index (χ1) is 8.28. The van der Waals surface area contributed by atoms with Crippen molar-refractivity contribution < 1.29 is 13.2 Å². The zero-order valence-corrected chi connectivity index (χ0v) is 10.7. The van der Waals surface area contributed by atoms with E-state index in [0.717, 1.165) is 5.56 Å². The molecular weight excluding hydrogens is 241 g/mol. The Labute approximate surface area is 106 Å². The maximum Gasteiger partial charge on any atom is 0.401 e. The van der Waals surface area contributed by atoms with Crippen LogP contribution in [-0.4, -0.2) is 30.2 Å². The van der Waals surface area contributed by atoms with Crippen molar-refractivity contribution in [1.29, 1.82) is 0 Å². The van der Waals surface area contributed by atoms with Crippen molar-refractivity contribution in [2.45, 2.75) is 32.5 Å². The molecule has 5 heteroatoms. The molecule has 0 heterocycles. The quantitative estimate of drug-likeness (QED) is 0.824. The van der Waals surface area contributed by atoms with Gasteiger partial charge in [-0.1, -0.05) is 12.1 Å². The summed E-state index contributed by atoms with van der Waals surface area (Å²) < 4.78 is 37.2. The molecule has 0 aliphatic carbocycles. The molecule has 1 aromatic rings. The van der Waals surface area contributed by atoms with Crippen molar-refractivity contribution in [1.82, 2.24) is 4.90 Å². The van der Waals surface area contributed by atoms with Crippen LogP contribution in [0.15, 0.2) is 24.3 Å². The minimum Gasteiger partial charge on any atom is -0.399 e. The molecule has 2 N–H and O–H groups in total. The highest BCUT2D eigenvalue weighted by Crippen LogP contribution is 2.18. The van der Waals surface area contributed by atoms with Crippen molar-refractivity contribution in [3.63, 3.8) is 0 Å². The Morgan fingerprint density at radius 2 is 1.94 bits per heavy atom. The summed E-state index contributed by atoms with van der Waals surface area (Å²) in [5.74, 6) is 0. The van der Waals surface area contributed by atoms with Gasteiger partial charge in [0.2, 0.25) is 0 Å². The standard InChI is InChI=1S/C13H19F3N2/c1-10(2)18(9-13(14,15)16)7-6-11-4-3-5-12(17)8-11/h3-5,8,10H,6-7,9,17H2,1-2H3. The molecule has 0 radical (unpaired) electrons. The summed E-state index contributed by atoms with van der Waals surface area (Å²) in [4.78, 5) is 1.42. The highest BCUT2D eigenvalue weighted by molar-refractivity contribution is 5.40. The summed E-state index contributed by atoms with van der Waals surface area (Å²) in [6.45, 7) is 3.05. The fourth-order valence-electron chi connectivity index (χ4n) is 1.77. The van der Waals surface area contributed by atoms with Crippen molar-refractivity contribution in [3.8, 4) is 0 Å². The van der Waals surface area contributed by atoms with Crippen LogP contribution in [0.2, 0.25) is 0 Å². The average molecular weight is 260 g/mol. The molecule has 0 bridgehead atoms.